The molecule has 4 rings (SSSR count). The molecule has 3 nitrogen and oxygen atoms in total. The lowest BCUT2D eigenvalue weighted by atomic mass is 9.88. The molecule has 1 atom stereocenters. The summed E-state index contributed by atoms with van der Waals surface area (Å²) in [5.74, 6) is 1.24. The fraction of sp³-hybridized carbons (Fsp3) is 0.200. The van der Waals surface area contributed by atoms with Gasteiger partial charge in [0, 0.05) is 12.1 Å². The molecular formula is C20H18N2O. The van der Waals surface area contributed by atoms with Crippen molar-refractivity contribution < 1.29 is 4.52 Å². The van der Waals surface area contributed by atoms with Crippen LogP contribution in [0.3, 0.4) is 0 Å². The second-order valence-electron chi connectivity index (χ2n) is 5.98. The summed E-state index contributed by atoms with van der Waals surface area (Å²) in [4.78, 5) is 4.91. The van der Waals surface area contributed by atoms with Crippen LogP contribution in [0.15, 0.2) is 70.2 Å². The lowest BCUT2D eigenvalue weighted by Crippen LogP contribution is -2.09. The number of hydrogen-bond acceptors (Lipinski definition) is 3. The van der Waals surface area contributed by atoms with Crippen LogP contribution < -0.4 is 0 Å². The van der Waals surface area contributed by atoms with E-state index in [1.807, 2.05) is 13.0 Å². The third kappa shape index (κ3) is 2.70. The third-order valence-electron chi connectivity index (χ3n) is 4.40. The summed E-state index contributed by atoms with van der Waals surface area (Å²) in [6, 6.07) is 21.0. The van der Waals surface area contributed by atoms with Gasteiger partial charge < -0.3 is 4.52 Å². The molecule has 0 bridgehead atoms. The fourth-order valence-electron chi connectivity index (χ4n) is 3.17. The molecule has 0 fully saturated rings. The largest absolute Gasteiger partial charge is 0.359 e. The molecule has 1 aromatic heterocycles. The summed E-state index contributed by atoms with van der Waals surface area (Å²) >= 11 is 0. The molecule has 1 aliphatic heterocycles. The Labute approximate surface area is 135 Å². The predicted molar refractivity (Wildman–Crippen MR) is 91.4 cm³/mol. The number of fused-ring (bicyclic) bond motifs is 1. The van der Waals surface area contributed by atoms with E-state index in [-0.39, 0.29) is 0 Å². The Morgan fingerprint density at radius 3 is 2.35 bits per heavy atom. The van der Waals surface area contributed by atoms with Crippen molar-refractivity contribution in [1.82, 2.24) is 5.16 Å². The van der Waals surface area contributed by atoms with Crippen LogP contribution in [0.5, 0.6) is 0 Å². The SMILES string of the molecule is Cc1noc2c1N=C(c1ccccc1)C[C@H](c1ccccc1)C2. The molecule has 3 aromatic rings. The van der Waals surface area contributed by atoms with E-state index >= 15 is 0 Å². The average molecular weight is 302 g/mol. The molecule has 0 radical (unpaired) electrons. The molecule has 114 valence electrons. The van der Waals surface area contributed by atoms with Crippen molar-refractivity contribution in [2.24, 2.45) is 4.99 Å². The van der Waals surface area contributed by atoms with Crippen LogP contribution in [0.4, 0.5) is 5.69 Å². The molecule has 3 heteroatoms. The molecule has 2 heterocycles. The average Bonchev–Trinajstić information content (AvgIpc) is 2.84. The highest BCUT2D eigenvalue weighted by Gasteiger charge is 2.25. The number of aryl methyl sites for hydroxylation is 1. The van der Waals surface area contributed by atoms with Gasteiger partial charge in [0.1, 0.15) is 11.4 Å². The van der Waals surface area contributed by atoms with Crippen molar-refractivity contribution >= 4 is 11.4 Å². The molecule has 2 aromatic carbocycles. The van der Waals surface area contributed by atoms with E-state index in [0.717, 1.165) is 35.7 Å². The van der Waals surface area contributed by atoms with E-state index < -0.39 is 0 Å². The minimum atomic E-state index is 0.351. The number of nitrogens with zero attached hydrogens (tertiary/aromatic N) is 2. The Bertz CT molecular complexity index is 835. The first-order valence-electron chi connectivity index (χ1n) is 7.94. The summed E-state index contributed by atoms with van der Waals surface area (Å²) in [5.41, 5.74) is 5.36. The standard InChI is InChI=1S/C20H18N2O/c1-14-20-19(23-22-14)13-17(15-8-4-2-5-9-15)12-18(21-20)16-10-6-3-7-11-16/h2-11,17H,12-13H2,1H3/t17-/m0/s1. The van der Waals surface area contributed by atoms with Crippen molar-refractivity contribution in [2.75, 3.05) is 0 Å². The van der Waals surface area contributed by atoms with E-state index in [1.54, 1.807) is 0 Å². The third-order valence-corrected chi connectivity index (χ3v) is 4.40. The molecule has 0 N–H and O–H groups in total. The van der Waals surface area contributed by atoms with E-state index in [4.69, 9.17) is 9.52 Å². The summed E-state index contributed by atoms with van der Waals surface area (Å²) < 4.78 is 5.55. The normalized spacial score (nSPS) is 17.3. The van der Waals surface area contributed by atoms with Gasteiger partial charge in [0.15, 0.2) is 5.76 Å². The second-order valence-corrected chi connectivity index (χ2v) is 5.98. The first-order chi connectivity index (χ1) is 11.3. The van der Waals surface area contributed by atoms with E-state index in [1.165, 1.54) is 11.1 Å². The van der Waals surface area contributed by atoms with E-state index in [9.17, 15) is 0 Å². The van der Waals surface area contributed by atoms with E-state index in [0.29, 0.717) is 5.92 Å². The number of rotatable bonds is 2. The molecule has 23 heavy (non-hydrogen) atoms. The minimum Gasteiger partial charge on any atom is -0.359 e. The Kier molecular flexibility index (Phi) is 3.54. The van der Waals surface area contributed by atoms with Crippen LogP contribution in [0.2, 0.25) is 0 Å². The highest BCUT2D eigenvalue weighted by atomic mass is 16.5. The molecule has 0 spiro atoms. The van der Waals surface area contributed by atoms with Crippen molar-refractivity contribution in [2.45, 2.75) is 25.7 Å². The monoisotopic (exact) mass is 302 g/mol. The van der Waals surface area contributed by atoms with Crippen molar-refractivity contribution in [1.29, 1.82) is 0 Å². The zero-order valence-electron chi connectivity index (χ0n) is 13.1. The van der Waals surface area contributed by atoms with Gasteiger partial charge in [0.2, 0.25) is 0 Å². The van der Waals surface area contributed by atoms with Gasteiger partial charge in [-0.1, -0.05) is 65.8 Å². The Morgan fingerprint density at radius 2 is 1.61 bits per heavy atom. The predicted octanol–water partition coefficient (Wildman–Crippen LogP) is 4.83. The number of aliphatic imine (C=N–C) groups is 1. The van der Waals surface area contributed by atoms with Crippen LogP contribution in [-0.2, 0) is 6.42 Å². The second kappa shape index (κ2) is 5.84. The minimum absolute atomic E-state index is 0.351. The molecule has 0 saturated heterocycles. The maximum atomic E-state index is 5.55. The van der Waals surface area contributed by atoms with Gasteiger partial charge >= 0.3 is 0 Å². The van der Waals surface area contributed by atoms with Gasteiger partial charge in [0.25, 0.3) is 0 Å². The smallest absolute Gasteiger partial charge is 0.163 e. The fourth-order valence-corrected chi connectivity index (χ4v) is 3.17. The lowest BCUT2D eigenvalue weighted by Gasteiger charge is -2.15. The van der Waals surface area contributed by atoms with Gasteiger partial charge in [-0.05, 0) is 30.4 Å². The quantitative estimate of drug-likeness (QED) is 0.679. The van der Waals surface area contributed by atoms with Gasteiger partial charge in [-0.2, -0.15) is 0 Å². The molecule has 1 aliphatic rings. The van der Waals surface area contributed by atoms with E-state index in [2.05, 4.69) is 59.8 Å². The van der Waals surface area contributed by atoms with Crippen molar-refractivity contribution in [3.05, 3.63) is 83.2 Å². The van der Waals surface area contributed by atoms with Gasteiger partial charge in [-0.15, -0.1) is 0 Å². The van der Waals surface area contributed by atoms with Crippen molar-refractivity contribution in [3.8, 4) is 0 Å². The lowest BCUT2D eigenvalue weighted by molar-refractivity contribution is 0.373. The summed E-state index contributed by atoms with van der Waals surface area (Å²) in [7, 11) is 0. The highest BCUT2D eigenvalue weighted by Crippen LogP contribution is 2.36. The maximum Gasteiger partial charge on any atom is 0.163 e. The molecular weight excluding hydrogens is 284 g/mol. The topological polar surface area (TPSA) is 38.4 Å². The first-order valence-corrected chi connectivity index (χ1v) is 7.94. The zero-order chi connectivity index (χ0) is 15.6. The van der Waals surface area contributed by atoms with Crippen LogP contribution in [-0.4, -0.2) is 10.9 Å². The Balaban J connectivity index is 1.81. The summed E-state index contributed by atoms with van der Waals surface area (Å²) in [6.07, 6.45) is 1.73. The highest BCUT2D eigenvalue weighted by molar-refractivity contribution is 6.03. The summed E-state index contributed by atoms with van der Waals surface area (Å²) in [6.45, 7) is 1.96. The molecule has 0 unspecified atom stereocenters. The van der Waals surface area contributed by atoms with Gasteiger partial charge in [-0.25, -0.2) is 4.99 Å². The Morgan fingerprint density at radius 1 is 0.913 bits per heavy atom. The van der Waals surface area contributed by atoms with Crippen molar-refractivity contribution in [3.63, 3.8) is 0 Å². The molecule has 0 aliphatic carbocycles. The Hall–Kier alpha value is -2.68. The number of benzene rings is 2. The van der Waals surface area contributed by atoms with Gasteiger partial charge in [-0.3, -0.25) is 0 Å². The number of aromatic nitrogens is 1. The maximum absolute atomic E-state index is 5.55. The summed E-state index contributed by atoms with van der Waals surface area (Å²) in [5, 5.41) is 4.11. The van der Waals surface area contributed by atoms with Crippen LogP contribution in [0.25, 0.3) is 0 Å². The van der Waals surface area contributed by atoms with Gasteiger partial charge in [0.05, 0.1) is 0 Å². The molecule has 0 amide bonds. The zero-order valence-corrected chi connectivity index (χ0v) is 13.1. The van der Waals surface area contributed by atoms with Crippen LogP contribution in [0.1, 0.15) is 34.9 Å². The van der Waals surface area contributed by atoms with Crippen LogP contribution in [0, 0.1) is 6.92 Å². The molecule has 0 saturated carbocycles. The van der Waals surface area contributed by atoms with Crippen LogP contribution >= 0.6 is 0 Å². The first kappa shape index (κ1) is 13.9. The number of hydrogen-bond donors (Lipinski definition) is 0.